The third kappa shape index (κ3) is 5.04. The number of aryl methyl sites for hydroxylation is 2. The monoisotopic (exact) mass is 481 g/mol. The zero-order chi connectivity index (χ0) is 24.1. The first-order chi connectivity index (χ1) is 16.5. The first kappa shape index (κ1) is 23.3. The van der Waals surface area contributed by atoms with Crippen molar-refractivity contribution in [3.63, 3.8) is 0 Å². The second-order valence-electron chi connectivity index (χ2n) is 7.48. The minimum atomic E-state index is -0.770. The van der Waals surface area contributed by atoms with Crippen molar-refractivity contribution in [1.82, 2.24) is 20.2 Å². The lowest BCUT2D eigenvalue weighted by Crippen LogP contribution is -2.23. The van der Waals surface area contributed by atoms with Crippen LogP contribution in [-0.2, 0) is 31.9 Å². The number of esters is 2. The molecule has 0 spiro atoms. The van der Waals surface area contributed by atoms with E-state index >= 15 is 0 Å². The summed E-state index contributed by atoms with van der Waals surface area (Å²) in [6, 6.07) is 9.13. The molecule has 1 amide bonds. The summed E-state index contributed by atoms with van der Waals surface area (Å²) in [5.74, 6) is -1.41. The van der Waals surface area contributed by atoms with E-state index in [1.165, 1.54) is 16.0 Å². The summed E-state index contributed by atoms with van der Waals surface area (Å²) >= 11 is 1.36. The topological polar surface area (TPSA) is 125 Å². The van der Waals surface area contributed by atoms with Gasteiger partial charge in [-0.05, 0) is 60.7 Å². The average molecular weight is 482 g/mol. The Morgan fingerprint density at radius 1 is 1.18 bits per heavy atom. The molecule has 1 aliphatic rings. The first-order valence-corrected chi connectivity index (χ1v) is 11.6. The number of rotatable bonds is 8. The molecule has 0 saturated heterocycles. The van der Waals surface area contributed by atoms with Crippen LogP contribution < -0.4 is 5.32 Å². The Morgan fingerprint density at radius 3 is 2.68 bits per heavy atom. The Kier molecular flexibility index (Phi) is 7.12. The summed E-state index contributed by atoms with van der Waals surface area (Å²) in [5.41, 5.74) is 2.12. The predicted molar refractivity (Wildman–Crippen MR) is 125 cm³/mol. The number of amides is 1. The number of aromatic nitrogens is 4. The van der Waals surface area contributed by atoms with Gasteiger partial charge in [0.25, 0.3) is 5.91 Å². The third-order valence-electron chi connectivity index (χ3n) is 5.15. The Balaban J connectivity index is 1.48. The Labute approximate surface area is 199 Å². The Bertz CT molecular complexity index is 1250. The van der Waals surface area contributed by atoms with Crippen molar-refractivity contribution in [3.8, 4) is 0 Å². The molecule has 1 aromatic carbocycles. The van der Waals surface area contributed by atoms with Gasteiger partial charge in [-0.1, -0.05) is 30.3 Å². The van der Waals surface area contributed by atoms with Crippen molar-refractivity contribution in [2.45, 2.75) is 33.1 Å². The highest BCUT2D eigenvalue weighted by molar-refractivity contribution is 7.17. The molecule has 3 aromatic rings. The van der Waals surface area contributed by atoms with Crippen LogP contribution in [0.1, 0.15) is 45.5 Å². The van der Waals surface area contributed by atoms with Gasteiger partial charge >= 0.3 is 11.9 Å². The van der Waals surface area contributed by atoms with Crippen molar-refractivity contribution in [2.75, 3.05) is 18.5 Å². The number of ether oxygens (including phenoxy) is 2. The van der Waals surface area contributed by atoms with E-state index in [4.69, 9.17) is 9.47 Å². The van der Waals surface area contributed by atoms with Gasteiger partial charge < -0.3 is 14.8 Å². The summed E-state index contributed by atoms with van der Waals surface area (Å²) in [4.78, 5) is 39.0. The number of hydrogen-bond acceptors (Lipinski definition) is 9. The molecule has 34 heavy (non-hydrogen) atoms. The van der Waals surface area contributed by atoms with Crippen LogP contribution in [0.5, 0.6) is 0 Å². The quantitative estimate of drug-likeness (QED) is 0.385. The molecular weight excluding hydrogens is 458 g/mol. The molecule has 2 aromatic heterocycles. The van der Waals surface area contributed by atoms with Crippen LogP contribution in [0.3, 0.4) is 0 Å². The molecule has 1 N–H and O–H groups in total. The number of tetrazole rings is 1. The number of anilines is 1. The van der Waals surface area contributed by atoms with Crippen LogP contribution >= 0.6 is 11.3 Å². The van der Waals surface area contributed by atoms with E-state index in [9.17, 15) is 14.4 Å². The fraction of sp³-hybridized carbons (Fsp3) is 0.304. The molecule has 0 atom stereocenters. The van der Waals surface area contributed by atoms with E-state index in [0.717, 1.165) is 35.3 Å². The van der Waals surface area contributed by atoms with Gasteiger partial charge in [-0.25, -0.2) is 9.59 Å². The normalized spacial score (nSPS) is 12.8. The summed E-state index contributed by atoms with van der Waals surface area (Å²) in [5, 5.41) is 14.3. The van der Waals surface area contributed by atoms with Crippen molar-refractivity contribution in [1.29, 1.82) is 0 Å². The highest BCUT2D eigenvalue weighted by Gasteiger charge is 2.28. The lowest BCUT2D eigenvalue weighted by molar-refractivity contribution is -0.141. The summed E-state index contributed by atoms with van der Waals surface area (Å²) in [6.07, 6.45) is 4.17. The minimum absolute atomic E-state index is 0.0591. The number of carbonyl (C=O) groups is 3. The first-order valence-electron chi connectivity index (χ1n) is 10.8. The fourth-order valence-corrected chi connectivity index (χ4v) is 4.94. The largest absolute Gasteiger partial charge is 0.462 e. The van der Waals surface area contributed by atoms with Gasteiger partial charge in [0, 0.05) is 4.88 Å². The number of nitrogens with one attached hydrogen (secondary N) is 1. The smallest absolute Gasteiger partial charge is 0.357 e. The molecule has 11 heteroatoms. The number of fused-ring (bicyclic) bond motifs is 1. The highest BCUT2D eigenvalue weighted by Crippen LogP contribution is 2.39. The van der Waals surface area contributed by atoms with Crippen LogP contribution in [0, 0.1) is 6.92 Å². The lowest BCUT2D eigenvalue weighted by atomic mass is 10.1. The van der Waals surface area contributed by atoms with Gasteiger partial charge in [0.15, 0.2) is 18.1 Å². The van der Waals surface area contributed by atoms with Gasteiger partial charge in [0.05, 0.1) is 12.2 Å². The molecule has 0 bridgehead atoms. The Morgan fingerprint density at radius 2 is 1.97 bits per heavy atom. The number of carbonyl (C=O) groups excluding carboxylic acids is 3. The van der Waals surface area contributed by atoms with Gasteiger partial charge in [0.1, 0.15) is 5.00 Å². The van der Waals surface area contributed by atoms with Gasteiger partial charge in [-0.15, -0.1) is 16.4 Å². The van der Waals surface area contributed by atoms with E-state index < -0.39 is 24.5 Å². The molecule has 0 radical (unpaired) electrons. The van der Waals surface area contributed by atoms with E-state index in [2.05, 4.69) is 20.8 Å². The van der Waals surface area contributed by atoms with E-state index in [1.54, 1.807) is 19.9 Å². The molecule has 176 valence electrons. The van der Waals surface area contributed by atoms with E-state index in [-0.39, 0.29) is 12.3 Å². The zero-order valence-electron chi connectivity index (χ0n) is 18.7. The minimum Gasteiger partial charge on any atom is -0.462 e. The maximum atomic E-state index is 12.9. The molecule has 0 fully saturated rings. The maximum absolute atomic E-state index is 12.9. The molecule has 4 rings (SSSR count). The highest BCUT2D eigenvalue weighted by atomic mass is 32.1. The summed E-state index contributed by atoms with van der Waals surface area (Å²) in [6.45, 7) is 3.07. The molecule has 0 unspecified atom stereocenters. The van der Waals surface area contributed by atoms with Crippen LogP contribution in [0.2, 0.25) is 0 Å². The molecule has 10 nitrogen and oxygen atoms in total. The number of benzene rings is 1. The molecule has 0 aliphatic heterocycles. The average Bonchev–Trinajstić information content (AvgIpc) is 3.53. The Hall–Kier alpha value is -3.86. The molecule has 2 heterocycles. The maximum Gasteiger partial charge on any atom is 0.357 e. The van der Waals surface area contributed by atoms with Crippen LogP contribution in [0.4, 0.5) is 5.00 Å². The van der Waals surface area contributed by atoms with Crippen LogP contribution in [0.25, 0.3) is 11.8 Å². The van der Waals surface area contributed by atoms with Crippen LogP contribution in [0.15, 0.2) is 30.3 Å². The standard InChI is InChI=1S/C23H23N5O5S/c1-3-32-23(31)20-16-10-7-11-18(16)34-21(20)24-19(29)13-33-22(30)17(28-14(2)25-26-27-28)12-15-8-5-4-6-9-15/h4-6,8-9,12H,3,7,10-11,13H2,1-2H3,(H,24,29)/b17-12-. The van der Waals surface area contributed by atoms with Gasteiger partial charge in [-0.2, -0.15) is 4.68 Å². The predicted octanol–water partition coefficient (Wildman–Crippen LogP) is 2.89. The summed E-state index contributed by atoms with van der Waals surface area (Å²) in [7, 11) is 0. The third-order valence-corrected chi connectivity index (χ3v) is 6.36. The number of hydrogen-bond donors (Lipinski definition) is 1. The molecule has 1 aliphatic carbocycles. The van der Waals surface area contributed by atoms with Crippen molar-refractivity contribution in [2.24, 2.45) is 0 Å². The van der Waals surface area contributed by atoms with Gasteiger partial charge in [0.2, 0.25) is 0 Å². The molecule has 0 saturated carbocycles. The SMILES string of the molecule is CCOC(=O)c1c(NC(=O)COC(=O)/C(=C/c2ccccc2)n2nnnc2C)sc2c1CCC2. The zero-order valence-corrected chi connectivity index (χ0v) is 19.6. The van der Waals surface area contributed by atoms with E-state index in [0.29, 0.717) is 16.4 Å². The van der Waals surface area contributed by atoms with Crippen molar-refractivity contribution in [3.05, 3.63) is 57.7 Å². The number of nitrogens with zero attached hydrogens (tertiary/aromatic N) is 4. The van der Waals surface area contributed by atoms with E-state index in [1.807, 2.05) is 30.3 Å². The summed E-state index contributed by atoms with van der Waals surface area (Å²) < 4.78 is 11.7. The number of thiophene rings is 1. The van der Waals surface area contributed by atoms with Crippen LogP contribution in [-0.4, -0.2) is 51.3 Å². The lowest BCUT2D eigenvalue weighted by Gasteiger charge is -2.10. The van der Waals surface area contributed by atoms with Gasteiger partial charge in [-0.3, -0.25) is 4.79 Å². The van der Waals surface area contributed by atoms with Crippen molar-refractivity contribution >= 4 is 46.0 Å². The fourth-order valence-electron chi connectivity index (χ4n) is 3.65. The second kappa shape index (κ2) is 10.4. The second-order valence-corrected chi connectivity index (χ2v) is 8.59. The molecular formula is C23H23N5O5S. The van der Waals surface area contributed by atoms with Crippen molar-refractivity contribution < 1.29 is 23.9 Å².